The maximum absolute atomic E-state index is 6.31. The Morgan fingerprint density at radius 3 is 2.06 bits per heavy atom. The van der Waals surface area contributed by atoms with Crippen LogP contribution in [0.5, 0.6) is 11.5 Å². The Bertz CT molecular complexity index is 451. The topological polar surface area (TPSA) is 21.7 Å². The number of methoxy groups -OCH3 is 2. The fourth-order valence-corrected chi connectivity index (χ4v) is 2.92. The summed E-state index contributed by atoms with van der Waals surface area (Å²) >= 11 is 18.6. The van der Waals surface area contributed by atoms with E-state index in [1.807, 2.05) is 0 Å². The molecule has 1 heterocycles. The maximum atomic E-state index is 6.31. The van der Waals surface area contributed by atoms with Crippen LogP contribution in [-0.4, -0.2) is 25.2 Å². The van der Waals surface area contributed by atoms with Gasteiger partial charge in [-0.1, -0.05) is 23.2 Å². The molecule has 3 nitrogen and oxygen atoms in total. The summed E-state index contributed by atoms with van der Waals surface area (Å²) in [5.41, 5.74) is 1.90. The Labute approximate surface area is 115 Å². The molecule has 6 heteroatoms. The van der Waals surface area contributed by atoms with Crippen LogP contribution in [0.15, 0.2) is 0 Å². The van der Waals surface area contributed by atoms with Gasteiger partial charge in [0, 0.05) is 13.1 Å². The van der Waals surface area contributed by atoms with Gasteiger partial charge in [0.1, 0.15) is 0 Å². The van der Waals surface area contributed by atoms with E-state index in [9.17, 15) is 0 Å². The lowest BCUT2D eigenvalue weighted by Gasteiger charge is -2.26. The fraction of sp³-hybridized carbons (Fsp3) is 0.455. The summed E-state index contributed by atoms with van der Waals surface area (Å²) in [4.78, 5) is 0. The van der Waals surface area contributed by atoms with Crippen LogP contribution < -0.4 is 9.47 Å². The zero-order valence-electron chi connectivity index (χ0n) is 9.52. The molecule has 1 aromatic carbocycles. The third kappa shape index (κ3) is 2.17. The van der Waals surface area contributed by atoms with E-state index in [0.29, 0.717) is 28.1 Å². The molecule has 0 fully saturated rings. The van der Waals surface area contributed by atoms with E-state index in [1.165, 1.54) is 7.11 Å². The van der Waals surface area contributed by atoms with Crippen LogP contribution in [-0.2, 0) is 13.0 Å². The van der Waals surface area contributed by atoms with E-state index in [1.54, 1.807) is 11.5 Å². The highest BCUT2D eigenvalue weighted by molar-refractivity contribution is 6.37. The largest absolute Gasteiger partial charge is 0.491 e. The first-order valence-electron chi connectivity index (χ1n) is 5.11. The lowest BCUT2D eigenvalue weighted by Crippen LogP contribution is -2.23. The van der Waals surface area contributed by atoms with Crippen LogP contribution in [0.25, 0.3) is 0 Å². The van der Waals surface area contributed by atoms with Gasteiger partial charge in [-0.05, 0) is 29.3 Å². The Morgan fingerprint density at radius 2 is 1.53 bits per heavy atom. The smallest absolute Gasteiger partial charge is 0.181 e. The first-order chi connectivity index (χ1) is 8.10. The van der Waals surface area contributed by atoms with Gasteiger partial charge in [0.25, 0.3) is 0 Å². The van der Waals surface area contributed by atoms with Crippen molar-refractivity contribution in [2.24, 2.45) is 0 Å². The van der Waals surface area contributed by atoms with Crippen molar-refractivity contribution in [1.82, 2.24) is 4.42 Å². The van der Waals surface area contributed by atoms with Crippen molar-refractivity contribution in [3.63, 3.8) is 0 Å². The van der Waals surface area contributed by atoms with Gasteiger partial charge < -0.3 is 9.47 Å². The van der Waals surface area contributed by atoms with Crippen LogP contribution in [0.1, 0.15) is 11.1 Å². The van der Waals surface area contributed by atoms with Crippen LogP contribution in [0, 0.1) is 0 Å². The SMILES string of the molecule is COc1c(Cl)c2c(c(Cl)c1OC)CN(Cl)CC2. The molecule has 17 heavy (non-hydrogen) atoms. The summed E-state index contributed by atoms with van der Waals surface area (Å²) in [5, 5.41) is 1.09. The predicted octanol–water partition coefficient (Wildman–Crippen LogP) is 3.52. The highest BCUT2D eigenvalue weighted by Crippen LogP contribution is 2.47. The highest BCUT2D eigenvalue weighted by atomic mass is 35.5. The van der Waals surface area contributed by atoms with Crippen LogP contribution >= 0.6 is 35.0 Å². The average molecular weight is 297 g/mol. The highest BCUT2D eigenvalue weighted by Gasteiger charge is 2.27. The molecule has 94 valence electrons. The van der Waals surface area contributed by atoms with Crippen LogP contribution in [0.4, 0.5) is 0 Å². The number of fused-ring (bicyclic) bond motifs is 1. The number of hydrogen-bond acceptors (Lipinski definition) is 3. The second kappa shape index (κ2) is 5.11. The molecule has 0 aliphatic carbocycles. The fourth-order valence-electron chi connectivity index (χ4n) is 2.01. The Hall–Kier alpha value is -0.350. The number of rotatable bonds is 2. The number of hydrogen-bond donors (Lipinski definition) is 0. The standard InChI is InChI=1S/C11H12Cl3NO2/c1-16-10-8(12)6-3-4-15(14)5-7(6)9(13)11(10)17-2/h3-5H2,1-2H3. The lowest BCUT2D eigenvalue weighted by molar-refractivity contribution is 0.351. The summed E-state index contributed by atoms with van der Waals surface area (Å²) in [7, 11) is 3.08. The zero-order valence-corrected chi connectivity index (χ0v) is 11.8. The average Bonchev–Trinajstić information content (AvgIpc) is 2.33. The minimum Gasteiger partial charge on any atom is -0.491 e. The molecule has 0 atom stereocenters. The van der Waals surface area contributed by atoms with Crippen LogP contribution in [0.3, 0.4) is 0 Å². The molecule has 0 aromatic heterocycles. The molecule has 0 saturated carbocycles. The molecular formula is C11H12Cl3NO2. The monoisotopic (exact) mass is 295 g/mol. The van der Waals surface area contributed by atoms with Crippen molar-refractivity contribution in [3.8, 4) is 11.5 Å². The van der Waals surface area contributed by atoms with Gasteiger partial charge in [0.15, 0.2) is 11.5 Å². The normalized spacial score (nSPS) is 15.6. The van der Waals surface area contributed by atoms with E-state index in [4.69, 9.17) is 44.5 Å². The molecule has 0 spiro atoms. The van der Waals surface area contributed by atoms with Crippen molar-refractivity contribution < 1.29 is 9.47 Å². The van der Waals surface area contributed by atoms with Crippen LogP contribution in [0.2, 0.25) is 10.0 Å². The third-order valence-corrected chi connectivity index (χ3v) is 3.93. The van der Waals surface area contributed by atoms with Gasteiger partial charge >= 0.3 is 0 Å². The Kier molecular flexibility index (Phi) is 3.93. The summed E-state index contributed by atoms with van der Waals surface area (Å²) in [6.07, 6.45) is 0.748. The molecule has 1 aliphatic heterocycles. The van der Waals surface area contributed by atoms with Crippen molar-refractivity contribution >= 4 is 35.0 Å². The molecule has 1 aromatic rings. The minimum absolute atomic E-state index is 0.463. The van der Waals surface area contributed by atoms with Gasteiger partial charge in [-0.25, -0.2) is 4.42 Å². The second-order valence-corrected chi connectivity index (χ2v) is 4.98. The van der Waals surface area contributed by atoms with E-state index in [0.717, 1.165) is 24.1 Å². The number of benzene rings is 1. The van der Waals surface area contributed by atoms with Gasteiger partial charge in [0.2, 0.25) is 0 Å². The summed E-state index contributed by atoms with van der Waals surface area (Å²) in [6, 6.07) is 0. The van der Waals surface area contributed by atoms with Gasteiger partial charge in [0.05, 0.1) is 24.3 Å². The molecule has 0 unspecified atom stereocenters. The minimum atomic E-state index is 0.463. The molecule has 1 aliphatic rings. The predicted molar refractivity (Wildman–Crippen MR) is 69.5 cm³/mol. The summed E-state index contributed by atoms with van der Waals surface area (Å²) in [6.45, 7) is 1.29. The van der Waals surface area contributed by atoms with Crippen molar-refractivity contribution in [1.29, 1.82) is 0 Å². The second-order valence-electron chi connectivity index (χ2n) is 3.75. The quantitative estimate of drug-likeness (QED) is 0.779. The molecule has 0 saturated heterocycles. The summed E-state index contributed by atoms with van der Waals surface area (Å²) in [5.74, 6) is 0.950. The Balaban J connectivity index is 2.66. The first kappa shape index (κ1) is 13.1. The first-order valence-corrected chi connectivity index (χ1v) is 6.21. The maximum Gasteiger partial charge on any atom is 0.181 e. The molecule has 0 amide bonds. The van der Waals surface area contributed by atoms with Gasteiger partial charge in [-0.2, -0.15) is 0 Å². The van der Waals surface area contributed by atoms with Crippen molar-refractivity contribution in [3.05, 3.63) is 21.2 Å². The van der Waals surface area contributed by atoms with Gasteiger partial charge in [-0.15, -0.1) is 0 Å². The zero-order chi connectivity index (χ0) is 12.6. The number of halogens is 3. The molecular weight excluding hydrogens is 284 g/mol. The van der Waals surface area contributed by atoms with E-state index in [-0.39, 0.29) is 0 Å². The molecule has 2 rings (SSSR count). The Morgan fingerprint density at radius 1 is 1.00 bits per heavy atom. The van der Waals surface area contributed by atoms with Gasteiger partial charge in [-0.3, -0.25) is 0 Å². The van der Waals surface area contributed by atoms with E-state index in [2.05, 4.69) is 0 Å². The van der Waals surface area contributed by atoms with E-state index < -0.39 is 0 Å². The number of ether oxygens (including phenoxy) is 2. The summed E-state index contributed by atoms with van der Waals surface area (Å²) < 4.78 is 12.2. The van der Waals surface area contributed by atoms with Crippen molar-refractivity contribution in [2.45, 2.75) is 13.0 Å². The molecule has 0 bridgehead atoms. The third-order valence-electron chi connectivity index (χ3n) is 2.84. The molecule has 0 N–H and O–H groups in total. The molecule has 0 radical (unpaired) electrons. The van der Waals surface area contributed by atoms with Crippen molar-refractivity contribution in [2.75, 3.05) is 20.8 Å². The lowest BCUT2D eigenvalue weighted by atomic mass is 9.99. The number of nitrogens with zero attached hydrogens (tertiary/aromatic N) is 1. The van der Waals surface area contributed by atoms with E-state index >= 15 is 0 Å².